The molecule has 0 saturated carbocycles. The third-order valence-electron chi connectivity index (χ3n) is 3.36. The lowest BCUT2D eigenvalue weighted by molar-refractivity contribution is -0.116. The van der Waals surface area contributed by atoms with E-state index in [0.29, 0.717) is 17.8 Å². The Morgan fingerprint density at radius 3 is 2.28 bits per heavy atom. The molecule has 130 valence electrons. The van der Waals surface area contributed by atoms with E-state index in [2.05, 4.69) is 15.6 Å². The number of nitrogens with one attached hydrogen (secondary N) is 2. The maximum Gasteiger partial charge on any atom is 0.255 e. The van der Waals surface area contributed by atoms with Gasteiger partial charge in [-0.2, -0.15) is 0 Å². The first kappa shape index (κ1) is 18.4. The Balaban J connectivity index is 1.87. The minimum atomic E-state index is -0.184. The van der Waals surface area contributed by atoms with Crippen LogP contribution in [0, 0.1) is 5.41 Å². The van der Waals surface area contributed by atoms with Gasteiger partial charge in [0.25, 0.3) is 5.91 Å². The van der Waals surface area contributed by atoms with E-state index in [1.165, 1.54) is 0 Å². The van der Waals surface area contributed by atoms with Crippen molar-refractivity contribution in [2.75, 3.05) is 5.32 Å². The monoisotopic (exact) mass is 337 g/mol. The van der Waals surface area contributed by atoms with E-state index in [1.807, 2.05) is 51.1 Å². The molecule has 0 bridgehead atoms. The number of hydrogen-bond acceptors (Lipinski definition) is 3. The average molecular weight is 337 g/mol. The normalized spacial score (nSPS) is 11.3. The van der Waals surface area contributed by atoms with Gasteiger partial charge in [-0.15, -0.1) is 0 Å². The van der Waals surface area contributed by atoms with E-state index in [4.69, 9.17) is 0 Å². The van der Waals surface area contributed by atoms with Crippen LogP contribution >= 0.6 is 0 Å². The van der Waals surface area contributed by atoms with Crippen molar-refractivity contribution in [3.63, 3.8) is 0 Å². The molecule has 2 rings (SSSR count). The van der Waals surface area contributed by atoms with Crippen LogP contribution in [-0.4, -0.2) is 16.8 Å². The largest absolute Gasteiger partial charge is 0.348 e. The van der Waals surface area contributed by atoms with Crippen LogP contribution in [0.1, 0.15) is 36.7 Å². The molecule has 25 heavy (non-hydrogen) atoms. The van der Waals surface area contributed by atoms with Crippen LogP contribution in [0.2, 0.25) is 0 Å². The summed E-state index contributed by atoms with van der Waals surface area (Å²) in [6.07, 6.45) is 6.59. The van der Waals surface area contributed by atoms with Crippen molar-refractivity contribution in [3.05, 3.63) is 72.1 Å². The topological polar surface area (TPSA) is 71.1 Å². The number of pyridine rings is 1. The maximum absolute atomic E-state index is 12.1. The van der Waals surface area contributed by atoms with Crippen LogP contribution in [0.4, 0.5) is 5.69 Å². The molecule has 0 fully saturated rings. The Morgan fingerprint density at radius 2 is 1.68 bits per heavy atom. The number of rotatable bonds is 5. The zero-order chi connectivity index (χ0) is 18.3. The van der Waals surface area contributed by atoms with Crippen molar-refractivity contribution in [3.8, 4) is 0 Å². The van der Waals surface area contributed by atoms with Gasteiger partial charge in [-0.05, 0) is 41.3 Å². The van der Waals surface area contributed by atoms with E-state index in [1.54, 1.807) is 30.6 Å². The predicted molar refractivity (Wildman–Crippen MR) is 99.1 cm³/mol. The molecular formula is C20H23N3O2. The second-order valence-corrected chi connectivity index (χ2v) is 6.80. The Hall–Kier alpha value is -2.95. The number of amides is 2. The first-order valence-electron chi connectivity index (χ1n) is 8.11. The van der Waals surface area contributed by atoms with Crippen LogP contribution in [0.3, 0.4) is 0 Å². The Bertz CT molecular complexity index is 745. The van der Waals surface area contributed by atoms with Gasteiger partial charge in [0.05, 0.1) is 0 Å². The van der Waals surface area contributed by atoms with E-state index >= 15 is 0 Å². The molecule has 0 aliphatic rings. The summed E-state index contributed by atoms with van der Waals surface area (Å²) >= 11 is 0. The van der Waals surface area contributed by atoms with Gasteiger partial charge in [-0.1, -0.05) is 39.0 Å². The summed E-state index contributed by atoms with van der Waals surface area (Å²) in [5, 5.41) is 5.66. The number of benzene rings is 1. The third kappa shape index (κ3) is 6.59. The lowest BCUT2D eigenvalue weighted by atomic mass is 9.96. The molecule has 0 atom stereocenters. The first-order valence-corrected chi connectivity index (χ1v) is 8.11. The highest BCUT2D eigenvalue weighted by atomic mass is 16.2. The number of carbonyl (C=O) groups is 2. The first-order chi connectivity index (χ1) is 11.8. The summed E-state index contributed by atoms with van der Waals surface area (Å²) in [7, 11) is 0. The summed E-state index contributed by atoms with van der Waals surface area (Å²) in [6, 6.07) is 10.7. The van der Waals surface area contributed by atoms with Gasteiger partial charge in [0, 0.05) is 30.2 Å². The Kier molecular flexibility index (Phi) is 6.06. The fraction of sp³-hybridized carbons (Fsp3) is 0.250. The molecule has 2 amide bonds. The molecule has 0 unspecified atom stereocenters. The summed E-state index contributed by atoms with van der Waals surface area (Å²) in [5.41, 5.74) is 2.19. The summed E-state index contributed by atoms with van der Waals surface area (Å²) in [4.78, 5) is 27.7. The second-order valence-electron chi connectivity index (χ2n) is 6.80. The predicted octanol–water partition coefficient (Wildman–Crippen LogP) is 3.55. The molecule has 1 heterocycles. The number of nitrogens with zero attached hydrogens (tertiary/aromatic N) is 1. The lowest BCUT2D eigenvalue weighted by Gasteiger charge is -2.11. The zero-order valence-electron chi connectivity index (χ0n) is 14.7. The molecule has 0 saturated heterocycles. The number of anilines is 1. The van der Waals surface area contributed by atoms with Gasteiger partial charge in [0.1, 0.15) is 0 Å². The molecule has 1 aromatic carbocycles. The Labute approximate surface area is 148 Å². The number of hydrogen-bond donors (Lipinski definition) is 2. The van der Waals surface area contributed by atoms with E-state index < -0.39 is 0 Å². The van der Waals surface area contributed by atoms with Gasteiger partial charge in [-0.3, -0.25) is 14.6 Å². The highest BCUT2D eigenvalue weighted by molar-refractivity contribution is 6.04. The van der Waals surface area contributed by atoms with Crippen LogP contribution in [0.25, 0.3) is 0 Å². The van der Waals surface area contributed by atoms with Crippen LogP contribution in [-0.2, 0) is 11.3 Å². The average Bonchev–Trinajstić information content (AvgIpc) is 2.59. The maximum atomic E-state index is 12.1. The minimum absolute atomic E-state index is 0.0218. The third-order valence-corrected chi connectivity index (χ3v) is 3.36. The van der Waals surface area contributed by atoms with Gasteiger partial charge in [0.2, 0.25) is 5.91 Å². The van der Waals surface area contributed by atoms with E-state index in [0.717, 1.165) is 5.56 Å². The molecule has 5 nitrogen and oxygen atoms in total. The number of allylic oxidation sites excluding steroid dienone is 1. The van der Waals surface area contributed by atoms with Gasteiger partial charge >= 0.3 is 0 Å². The fourth-order valence-electron chi connectivity index (χ4n) is 1.99. The zero-order valence-corrected chi connectivity index (χ0v) is 14.7. The van der Waals surface area contributed by atoms with Crippen LogP contribution in [0.5, 0.6) is 0 Å². The SMILES string of the molecule is CC(C)(C)C=CC(=O)NCc1ccc(NC(=O)c2ccncc2)cc1. The molecular weight excluding hydrogens is 314 g/mol. The molecule has 0 aliphatic carbocycles. The summed E-state index contributed by atoms with van der Waals surface area (Å²) in [5.74, 6) is -0.305. The van der Waals surface area contributed by atoms with Crippen molar-refractivity contribution in [1.29, 1.82) is 0 Å². The number of aromatic nitrogens is 1. The van der Waals surface area contributed by atoms with Crippen molar-refractivity contribution in [2.24, 2.45) is 5.41 Å². The smallest absolute Gasteiger partial charge is 0.255 e. The van der Waals surface area contributed by atoms with Crippen molar-refractivity contribution in [2.45, 2.75) is 27.3 Å². The molecule has 0 radical (unpaired) electrons. The molecule has 0 aliphatic heterocycles. The van der Waals surface area contributed by atoms with Crippen LogP contribution in [0.15, 0.2) is 60.9 Å². The van der Waals surface area contributed by atoms with Gasteiger partial charge < -0.3 is 10.6 Å². The van der Waals surface area contributed by atoms with Crippen molar-refractivity contribution < 1.29 is 9.59 Å². The highest BCUT2D eigenvalue weighted by Gasteiger charge is 2.06. The molecule has 0 spiro atoms. The fourth-order valence-corrected chi connectivity index (χ4v) is 1.99. The van der Waals surface area contributed by atoms with Crippen LogP contribution < -0.4 is 10.6 Å². The molecule has 1 aromatic heterocycles. The van der Waals surface area contributed by atoms with E-state index in [9.17, 15) is 9.59 Å². The van der Waals surface area contributed by atoms with Crippen molar-refractivity contribution in [1.82, 2.24) is 10.3 Å². The van der Waals surface area contributed by atoms with E-state index in [-0.39, 0.29) is 17.2 Å². The molecule has 2 N–H and O–H groups in total. The second kappa shape index (κ2) is 8.24. The van der Waals surface area contributed by atoms with Gasteiger partial charge in [-0.25, -0.2) is 0 Å². The standard InChI is InChI=1S/C20H23N3O2/c1-20(2,3)11-8-18(24)22-14-15-4-6-17(7-5-15)23-19(25)16-9-12-21-13-10-16/h4-13H,14H2,1-3H3,(H,22,24)(H,23,25). The number of carbonyl (C=O) groups excluding carboxylic acids is 2. The highest BCUT2D eigenvalue weighted by Crippen LogP contribution is 2.14. The Morgan fingerprint density at radius 1 is 1.04 bits per heavy atom. The molecule has 2 aromatic rings. The minimum Gasteiger partial charge on any atom is -0.348 e. The van der Waals surface area contributed by atoms with Gasteiger partial charge in [0.15, 0.2) is 0 Å². The lowest BCUT2D eigenvalue weighted by Crippen LogP contribution is -2.21. The summed E-state index contributed by atoms with van der Waals surface area (Å²) < 4.78 is 0. The molecule has 5 heteroatoms. The quantitative estimate of drug-likeness (QED) is 0.820. The van der Waals surface area contributed by atoms with Crippen molar-refractivity contribution >= 4 is 17.5 Å². The summed E-state index contributed by atoms with van der Waals surface area (Å²) in [6.45, 7) is 6.55.